The SMILES string of the molecule is COC(=O)C[C@H]1[C@H]([Si](C)(C)c2ccccc2)[C@@H](C)[C@@H](c2ccccc2)N1C(=O)OC. The fraction of sp³-hybridized carbons (Fsp3) is 0.417. The molecular formula is C24H31NO4Si. The highest BCUT2D eigenvalue weighted by molar-refractivity contribution is 6.91. The fourth-order valence-electron chi connectivity index (χ4n) is 5.33. The first-order valence-corrected chi connectivity index (χ1v) is 13.4. The van der Waals surface area contributed by atoms with E-state index >= 15 is 0 Å². The molecule has 30 heavy (non-hydrogen) atoms. The molecule has 0 radical (unpaired) electrons. The molecule has 2 aromatic rings. The molecule has 1 fully saturated rings. The van der Waals surface area contributed by atoms with Gasteiger partial charge >= 0.3 is 12.1 Å². The van der Waals surface area contributed by atoms with Gasteiger partial charge < -0.3 is 9.47 Å². The van der Waals surface area contributed by atoms with Gasteiger partial charge in [-0.15, -0.1) is 0 Å². The lowest BCUT2D eigenvalue weighted by atomic mass is 9.94. The maximum Gasteiger partial charge on any atom is 0.410 e. The summed E-state index contributed by atoms with van der Waals surface area (Å²) in [4.78, 5) is 27.2. The van der Waals surface area contributed by atoms with Crippen molar-refractivity contribution in [2.24, 2.45) is 5.92 Å². The molecule has 1 aliphatic rings. The van der Waals surface area contributed by atoms with Gasteiger partial charge in [0.05, 0.1) is 34.8 Å². The molecule has 0 N–H and O–H groups in total. The van der Waals surface area contributed by atoms with Crippen molar-refractivity contribution in [2.75, 3.05) is 14.2 Å². The van der Waals surface area contributed by atoms with E-state index in [0.29, 0.717) is 0 Å². The highest BCUT2D eigenvalue weighted by atomic mass is 28.3. The van der Waals surface area contributed by atoms with Crippen molar-refractivity contribution in [3.8, 4) is 0 Å². The average molecular weight is 426 g/mol. The Kier molecular flexibility index (Phi) is 6.66. The van der Waals surface area contributed by atoms with Crippen molar-refractivity contribution in [1.82, 2.24) is 4.90 Å². The summed E-state index contributed by atoms with van der Waals surface area (Å²) in [6.07, 6.45) is -0.238. The Labute approximate surface area is 180 Å². The number of methoxy groups -OCH3 is 2. The maximum absolute atomic E-state index is 13.0. The number of ether oxygens (including phenoxy) is 2. The third-order valence-electron chi connectivity index (χ3n) is 6.62. The van der Waals surface area contributed by atoms with Gasteiger partial charge in [-0.25, -0.2) is 4.79 Å². The number of esters is 1. The van der Waals surface area contributed by atoms with E-state index in [4.69, 9.17) is 9.47 Å². The Morgan fingerprint density at radius 2 is 1.50 bits per heavy atom. The quantitative estimate of drug-likeness (QED) is 0.527. The molecule has 5 nitrogen and oxygen atoms in total. The number of carbonyl (C=O) groups excluding carboxylic acids is 2. The second kappa shape index (κ2) is 9.04. The molecule has 4 atom stereocenters. The zero-order valence-electron chi connectivity index (χ0n) is 18.4. The number of nitrogens with zero attached hydrogens (tertiary/aromatic N) is 1. The molecule has 0 bridgehead atoms. The largest absolute Gasteiger partial charge is 0.469 e. The van der Waals surface area contributed by atoms with Gasteiger partial charge in [0.2, 0.25) is 0 Å². The molecule has 1 aliphatic heterocycles. The zero-order valence-corrected chi connectivity index (χ0v) is 19.4. The predicted octanol–water partition coefficient (Wildman–Crippen LogP) is 4.36. The molecular weight excluding hydrogens is 394 g/mol. The van der Waals surface area contributed by atoms with Crippen LogP contribution in [0.3, 0.4) is 0 Å². The van der Waals surface area contributed by atoms with E-state index in [0.717, 1.165) is 5.56 Å². The van der Waals surface area contributed by atoms with Crippen LogP contribution in [0, 0.1) is 5.92 Å². The molecule has 1 heterocycles. The Hall–Kier alpha value is -2.60. The summed E-state index contributed by atoms with van der Waals surface area (Å²) in [5, 5.41) is 1.32. The monoisotopic (exact) mass is 425 g/mol. The van der Waals surface area contributed by atoms with Gasteiger partial charge in [0.1, 0.15) is 0 Å². The Bertz CT molecular complexity index is 871. The summed E-state index contributed by atoms with van der Waals surface area (Å²) in [6.45, 7) is 6.86. The van der Waals surface area contributed by atoms with Crippen LogP contribution in [0.5, 0.6) is 0 Å². The summed E-state index contributed by atoms with van der Waals surface area (Å²) in [7, 11) is 0.711. The molecule has 2 aromatic carbocycles. The molecule has 0 aromatic heterocycles. The van der Waals surface area contributed by atoms with E-state index in [2.05, 4.69) is 44.3 Å². The highest BCUT2D eigenvalue weighted by Gasteiger charge is 2.56. The molecule has 6 heteroatoms. The van der Waals surface area contributed by atoms with Crippen LogP contribution in [-0.4, -0.2) is 45.3 Å². The number of hydrogen-bond acceptors (Lipinski definition) is 4. The number of carbonyl (C=O) groups is 2. The molecule has 0 spiro atoms. The highest BCUT2D eigenvalue weighted by Crippen LogP contribution is 2.53. The number of amides is 1. The molecule has 0 saturated carbocycles. The minimum absolute atomic E-state index is 0.156. The summed E-state index contributed by atoms with van der Waals surface area (Å²) in [5.74, 6) is -0.152. The van der Waals surface area contributed by atoms with Gasteiger partial charge in [-0.2, -0.15) is 0 Å². The Balaban J connectivity index is 2.15. The third-order valence-corrected chi connectivity index (χ3v) is 11.0. The zero-order chi connectivity index (χ0) is 21.9. The van der Waals surface area contributed by atoms with Crippen LogP contribution in [-0.2, 0) is 14.3 Å². The number of benzene rings is 2. The van der Waals surface area contributed by atoms with Gasteiger partial charge in [0, 0.05) is 6.04 Å². The van der Waals surface area contributed by atoms with Crippen LogP contribution in [0.15, 0.2) is 60.7 Å². The lowest BCUT2D eigenvalue weighted by Crippen LogP contribution is -2.52. The van der Waals surface area contributed by atoms with Crippen LogP contribution >= 0.6 is 0 Å². The summed E-state index contributed by atoms with van der Waals surface area (Å²) < 4.78 is 10.2. The standard InChI is InChI=1S/C24H31NO4Si/c1-17-22(18-12-8-6-9-13-18)25(24(27)29-3)20(16-21(26)28-2)23(17)30(4,5)19-14-10-7-11-15-19/h6-15,17,20,22-23H,16H2,1-5H3/t17-,20-,22-,23+/m0/s1. The molecule has 3 rings (SSSR count). The summed E-state index contributed by atoms with van der Waals surface area (Å²) in [5.41, 5.74) is 1.22. The number of rotatable bonds is 5. The Morgan fingerprint density at radius 1 is 0.933 bits per heavy atom. The van der Waals surface area contributed by atoms with Gasteiger partial charge in [-0.3, -0.25) is 9.69 Å². The van der Waals surface area contributed by atoms with Crippen LogP contribution in [0.1, 0.15) is 24.9 Å². The fourth-order valence-corrected chi connectivity index (χ4v) is 9.50. The van der Waals surface area contributed by atoms with E-state index < -0.39 is 14.2 Å². The van der Waals surface area contributed by atoms with Crippen molar-refractivity contribution in [1.29, 1.82) is 0 Å². The predicted molar refractivity (Wildman–Crippen MR) is 120 cm³/mol. The first kappa shape index (κ1) is 22.1. The smallest absolute Gasteiger partial charge is 0.410 e. The second-order valence-corrected chi connectivity index (χ2v) is 13.2. The topological polar surface area (TPSA) is 55.8 Å². The first-order valence-electron chi connectivity index (χ1n) is 10.4. The van der Waals surface area contributed by atoms with Crippen molar-refractivity contribution >= 4 is 25.3 Å². The van der Waals surface area contributed by atoms with Gasteiger partial charge in [-0.05, 0) is 17.0 Å². The van der Waals surface area contributed by atoms with Crippen LogP contribution in [0.25, 0.3) is 0 Å². The third kappa shape index (κ3) is 4.01. The van der Waals surface area contributed by atoms with Gasteiger partial charge in [-0.1, -0.05) is 85.9 Å². The molecule has 1 amide bonds. The van der Waals surface area contributed by atoms with Crippen molar-refractivity contribution in [3.63, 3.8) is 0 Å². The van der Waals surface area contributed by atoms with Gasteiger partial charge in [0.25, 0.3) is 0 Å². The second-order valence-electron chi connectivity index (χ2n) is 8.55. The molecule has 1 saturated heterocycles. The van der Waals surface area contributed by atoms with Gasteiger partial charge in [0.15, 0.2) is 0 Å². The van der Waals surface area contributed by atoms with Crippen LogP contribution in [0.2, 0.25) is 18.6 Å². The summed E-state index contributed by atoms with van der Waals surface area (Å²) >= 11 is 0. The lowest BCUT2D eigenvalue weighted by molar-refractivity contribution is -0.141. The van der Waals surface area contributed by atoms with E-state index in [-0.39, 0.29) is 35.9 Å². The van der Waals surface area contributed by atoms with Crippen LogP contribution in [0.4, 0.5) is 4.79 Å². The van der Waals surface area contributed by atoms with E-state index in [1.54, 1.807) is 4.90 Å². The minimum atomic E-state index is -2.08. The molecule has 0 aliphatic carbocycles. The molecule has 0 unspecified atom stereocenters. The van der Waals surface area contributed by atoms with E-state index in [1.807, 2.05) is 36.4 Å². The minimum Gasteiger partial charge on any atom is -0.469 e. The van der Waals surface area contributed by atoms with E-state index in [1.165, 1.54) is 19.4 Å². The van der Waals surface area contributed by atoms with Crippen LogP contribution < -0.4 is 5.19 Å². The summed E-state index contributed by atoms with van der Waals surface area (Å²) in [6, 6.07) is 20.1. The lowest BCUT2D eigenvalue weighted by Gasteiger charge is -2.37. The first-order chi connectivity index (χ1) is 14.3. The van der Waals surface area contributed by atoms with Crippen molar-refractivity contribution in [2.45, 2.75) is 44.1 Å². The van der Waals surface area contributed by atoms with E-state index in [9.17, 15) is 9.59 Å². The Morgan fingerprint density at radius 3 is 2.03 bits per heavy atom. The average Bonchev–Trinajstić information content (AvgIpc) is 3.06. The van der Waals surface area contributed by atoms with Crippen molar-refractivity contribution < 1.29 is 19.1 Å². The molecule has 160 valence electrons. The number of hydrogen-bond donors (Lipinski definition) is 0. The maximum atomic E-state index is 13.0. The van der Waals surface area contributed by atoms with Crippen molar-refractivity contribution in [3.05, 3.63) is 66.2 Å². The normalized spacial score (nSPS) is 23.8. The number of likely N-dealkylation sites (tertiary alicyclic amines) is 1.